The molecule has 0 saturated carbocycles. The molecule has 0 aliphatic carbocycles. The molecule has 0 spiro atoms. The maximum absolute atomic E-state index is 14.6. The number of hydrogen-bond acceptors (Lipinski definition) is 2. The van der Waals surface area contributed by atoms with E-state index in [9.17, 15) is 65.9 Å². The molecular weight excluding hydrogens is 557 g/mol. The zero-order valence-electron chi connectivity index (χ0n) is 18.9. The smallest absolute Gasteiger partial charge is 0.460 e. The summed E-state index contributed by atoms with van der Waals surface area (Å²) in [4.78, 5) is 0. The van der Waals surface area contributed by atoms with Crippen molar-refractivity contribution in [2.24, 2.45) is 0 Å². The van der Waals surface area contributed by atoms with Crippen LogP contribution < -0.4 is 4.74 Å². The third-order valence-corrected chi connectivity index (χ3v) is 5.32. The minimum absolute atomic E-state index is 0.0871. The van der Waals surface area contributed by atoms with Crippen molar-refractivity contribution in [3.63, 3.8) is 0 Å². The second-order valence-electron chi connectivity index (χ2n) is 8.03. The first kappa shape index (κ1) is 33.0. The fourth-order valence-electron chi connectivity index (χ4n) is 3.05. The molecule has 1 aromatic carbocycles. The van der Waals surface area contributed by atoms with Crippen LogP contribution in [0.3, 0.4) is 0 Å². The molecule has 0 aromatic heterocycles. The lowest BCUT2D eigenvalue weighted by atomic mass is 9.83. The first-order chi connectivity index (χ1) is 16.3. The van der Waals surface area contributed by atoms with Crippen LogP contribution in [0.2, 0.25) is 0 Å². The molecule has 0 aliphatic rings. The molecule has 1 aromatic rings. The summed E-state index contributed by atoms with van der Waals surface area (Å²) in [5.41, 5.74) is -3.31. The van der Waals surface area contributed by atoms with Crippen molar-refractivity contribution in [2.75, 3.05) is 13.7 Å². The van der Waals surface area contributed by atoms with E-state index in [2.05, 4.69) is 0 Å². The summed E-state index contributed by atoms with van der Waals surface area (Å²) in [6, 6.07) is 4.40. The highest BCUT2D eigenvalue weighted by atomic mass is 19.4. The topological polar surface area (TPSA) is 18.5 Å². The predicted molar refractivity (Wildman–Crippen MR) is 96.9 cm³/mol. The first-order valence-electron chi connectivity index (χ1n) is 9.93. The van der Waals surface area contributed by atoms with Crippen LogP contribution >= 0.6 is 0 Å². The van der Waals surface area contributed by atoms with Crippen molar-refractivity contribution in [3.8, 4) is 5.75 Å². The summed E-state index contributed by atoms with van der Waals surface area (Å²) in [7, 11) is 0.593. The van der Waals surface area contributed by atoms with E-state index in [4.69, 9.17) is 9.47 Å². The fraction of sp³-hybridized carbons (Fsp3) is 0.700. The van der Waals surface area contributed by atoms with Crippen molar-refractivity contribution in [1.82, 2.24) is 0 Å². The third-order valence-electron chi connectivity index (χ3n) is 5.32. The highest BCUT2D eigenvalue weighted by Crippen LogP contribution is 2.63. The zero-order valence-corrected chi connectivity index (χ0v) is 18.9. The second-order valence-corrected chi connectivity index (χ2v) is 8.03. The van der Waals surface area contributed by atoms with Gasteiger partial charge in [0.2, 0.25) is 0 Å². The molecule has 0 fully saturated rings. The van der Waals surface area contributed by atoms with Gasteiger partial charge >= 0.3 is 41.7 Å². The maximum Gasteiger partial charge on any atom is 0.460 e. The number of alkyl halides is 15. The van der Waals surface area contributed by atoms with Crippen LogP contribution in [0.5, 0.6) is 5.75 Å². The first-order valence-corrected chi connectivity index (χ1v) is 9.93. The normalized spacial score (nSPS) is 16.5. The number of rotatable bonds is 12. The zero-order chi connectivity index (χ0) is 29.5. The Morgan fingerprint density at radius 3 is 1.51 bits per heavy atom. The van der Waals surface area contributed by atoms with Gasteiger partial charge in [0, 0.05) is 12.7 Å². The predicted octanol–water partition coefficient (Wildman–Crippen LogP) is 8.10. The summed E-state index contributed by atoms with van der Waals surface area (Å²) >= 11 is 0. The number of ether oxygens (including phenoxy) is 2. The van der Waals surface area contributed by atoms with Crippen LogP contribution in [0, 0.1) is 0 Å². The number of para-hydroxylation sites is 1. The van der Waals surface area contributed by atoms with Crippen molar-refractivity contribution in [1.29, 1.82) is 0 Å². The van der Waals surface area contributed by atoms with Crippen LogP contribution in [0.1, 0.15) is 32.3 Å². The molecule has 0 saturated heterocycles. The molecule has 1 rings (SSSR count). The molecule has 0 amide bonds. The number of halogens is 15. The van der Waals surface area contributed by atoms with Gasteiger partial charge in [-0.3, -0.25) is 0 Å². The van der Waals surface area contributed by atoms with Gasteiger partial charge in [0.15, 0.2) is 0 Å². The second kappa shape index (κ2) is 9.91. The minimum Gasteiger partial charge on any atom is -0.493 e. The Kier molecular flexibility index (Phi) is 8.83. The van der Waals surface area contributed by atoms with E-state index >= 15 is 0 Å². The van der Waals surface area contributed by atoms with Crippen LogP contribution in [0.25, 0.3) is 0 Å². The average molecular weight is 576 g/mol. The van der Waals surface area contributed by atoms with Crippen molar-refractivity contribution in [3.05, 3.63) is 29.8 Å². The molecule has 0 N–H and O–H groups in total. The minimum atomic E-state index is -8.34. The van der Waals surface area contributed by atoms with E-state index in [1.165, 1.54) is 6.07 Å². The molecule has 216 valence electrons. The SMILES string of the molecule is CCCOc1ccccc1C(C)(CC(F)(F)C(F)(F)C(F)(F)C(F)(F)C(F)(F)C(F)(F)C(F)(F)F)OC. The average Bonchev–Trinajstić information content (AvgIpc) is 2.76. The maximum atomic E-state index is 14.6. The molecule has 2 nitrogen and oxygen atoms in total. The fourth-order valence-corrected chi connectivity index (χ4v) is 3.05. The molecule has 0 heterocycles. The molecule has 17 heteroatoms. The van der Waals surface area contributed by atoms with Crippen LogP contribution in [-0.2, 0) is 10.3 Å². The molecule has 37 heavy (non-hydrogen) atoms. The van der Waals surface area contributed by atoms with E-state index in [1.54, 1.807) is 6.92 Å². The summed E-state index contributed by atoms with van der Waals surface area (Å²) in [5.74, 6) is -47.2. The van der Waals surface area contributed by atoms with Gasteiger partial charge in [0.05, 0.1) is 18.6 Å². The Morgan fingerprint density at radius 1 is 0.649 bits per heavy atom. The molecule has 0 radical (unpaired) electrons. The Morgan fingerprint density at radius 2 is 1.08 bits per heavy atom. The van der Waals surface area contributed by atoms with E-state index in [0.717, 1.165) is 18.2 Å². The summed E-state index contributed by atoms with van der Waals surface area (Å²) in [6.45, 7) is 2.08. The molecule has 1 unspecified atom stereocenters. The van der Waals surface area contributed by atoms with Crippen molar-refractivity contribution >= 4 is 0 Å². The Balaban J connectivity index is 3.62. The van der Waals surface area contributed by atoms with E-state index < -0.39 is 59.3 Å². The highest BCUT2D eigenvalue weighted by molar-refractivity contribution is 5.38. The lowest BCUT2D eigenvalue weighted by Crippen LogP contribution is -2.72. The summed E-state index contributed by atoms with van der Waals surface area (Å²) in [6.07, 6.45) is -9.99. The van der Waals surface area contributed by atoms with Crippen LogP contribution in [-0.4, -0.2) is 55.4 Å². The van der Waals surface area contributed by atoms with E-state index in [1.807, 2.05) is 0 Å². The Bertz CT molecular complexity index is 927. The van der Waals surface area contributed by atoms with E-state index in [-0.39, 0.29) is 12.4 Å². The Labute approximate surface area is 199 Å². The van der Waals surface area contributed by atoms with Gasteiger partial charge < -0.3 is 9.47 Å². The third kappa shape index (κ3) is 5.15. The van der Waals surface area contributed by atoms with Crippen LogP contribution in [0.4, 0.5) is 65.9 Å². The number of benzene rings is 1. The van der Waals surface area contributed by atoms with Crippen molar-refractivity contribution < 1.29 is 75.3 Å². The van der Waals surface area contributed by atoms with E-state index in [0.29, 0.717) is 20.5 Å². The molecule has 0 bridgehead atoms. The standard InChI is InChI=1S/C20H19F15O2/c1-4-9-37-12-8-6-5-7-11(12)13(2,36-3)10-14(21,22)15(23,24)16(25,26)17(27,28)18(29,30)19(31,32)20(33,34)35/h5-8H,4,9-10H2,1-3H3. The number of hydrogen-bond donors (Lipinski definition) is 0. The monoisotopic (exact) mass is 576 g/mol. The largest absolute Gasteiger partial charge is 0.493 e. The van der Waals surface area contributed by atoms with Gasteiger partial charge in [-0.05, 0) is 19.4 Å². The highest BCUT2D eigenvalue weighted by Gasteiger charge is 2.93. The van der Waals surface area contributed by atoms with Gasteiger partial charge in [-0.15, -0.1) is 0 Å². The molecule has 0 aliphatic heterocycles. The van der Waals surface area contributed by atoms with Crippen molar-refractivity contribution in [2.45, 2.75) is 74.0 Å². The molecular formula is C20H19F15O2. The van der Waals surface area contributed by atoms with Gasteiger partial charge in [0.1, 0.15) is 5.75 Å². The van der Waals surface area contributed by atoms with Gasteiger partial charge in [-0.1, -0.05) is 25.1 Å². The lowest BCUT2D eigenvalue weighted by Gasteiger charge is -2.43. The van der Waals surface area contributed by atoms with Gasteiger partial charge in [-0.2, -0.15) is 65.9 Å². The molecule has 1 atom stereocenters. The van der Waals surface area contributed by atoms with Gasteiger partial charge in [0.25, 0.3) is 0 Å². The quantitative estimate of drug-likeness (QED) is 0.234. The lowest BCUT2D eigenvalue weighted by molar-refractivity contribution is -0.453. The summed E-state index contributed by atoms with van der Waals surface area (Å²) < 4.78 is 212. The summed E-state index contributed by atoms with van der Waals surface area (Å²) in [5, 5.41) is 0. The van der Waals surface area contributed by atoms with Crippen LogP contribution in [0.15, 0.2) is 24.3 Å². The number of methoxy groups -OCH3 is 1. The van der Waals surface area contributed by atoms with Gasteiger partial charge in [-0.25, -0.2) is 0 Å². The Hall–Kier alpha value is -2.07.